The van der Waals surface area contributed by atoms with E-state index in [0.29, 0.717) is 10.8 Å². The molecule has 3 nitrogen and oxygen atoms in total. The van der Waals surface area contributed by atoms with Gasteiger partial charge in [0.25, 0.3) is 0 Å². The summed E-state index contributed by atoms with van der Waals surface area (Å²) in [6.45, 7) is 2.02. The van der Waals surface area contributed by atoms with Crippen LogP contribution >= 0.6 is 23.6 Å². The van der Waals surface area contributed by atoms with Crippen LogP contribution < -0.4 is 16.4 Å². The Labute approximate surface area is 110 Å². The van der Waals surface area contributed by atoms with Crippen molar-refractivity contribution < 1.29 is 0 Å². The molecule has 17 heavy (non-hydrogen) atoms. The number of hydrogen-bond donors (Lipinski definition) is 2. The van der Waals surface area contributed by atoms with Gasteiger partial charge in [-0.25, -0.2) is 0 Å². The number of hydrogen-bond acceptors (Lipinski definition) is 3. The van der Waals surface area contributed by atoms with Crippen molar-refractivity contribution in [1.29, 1.82) is 0 Å². The van der Waals surface area contributed by atoms with E-state index >= 15 is 0 Å². The van der Waals surface area contributed by atoms with Gasteiger partial charge in [0, 0.05) is 5.38 Å². The van der Waals surface area contributed by atoms with Gasteiger partial charge in [-0.15, -0.1) is 11.3 Å². The van der Waals surface area contributed by atoms with Crippen LogP contribution in [0.25, 0.3) is 0 Å². The van der Waals surface area contributed by atoms with Crippen molar-refractivity contribution in [3.05, 3.63) is 40.6 Å². The van der Waals surface area contributed by atoms with E-state index in [1.807, 2.05) is 36.6 Å². The molecule has 0 amide bonds. The first kappa shape index (κ1) is 11.9. The number of thiocarbonyl (C=S) groups is 1. The zero-order chi connectivity index (χ0) is 12.4. The Morgan fingerprint density at radius 2 is 1.94 bits per heavy atom. The number of nitrogens with two attached hydrogens (primary N) is 2. The quantitative estimate of drug-likeness (QED) is 0.646. The Balaban J connectivity index is 2.55. The van der Waals surface area contributed by atoms with Crippen LogP contribution in [0.5, 0.6) is 0 Å². The monoisotopic (exact) mass is 263 g/mol. The van der Waals surface area contributed by atoms with Gasteiger partial charge >= 0.3 is 0 Å². The van der Waals surface area contributed by atoms with E-state index in [2.05, 4.69) is 5.38 Å². The molecule has 2 aromatic rings. The first-order valence-electron chi connectivity index (χ1n) is 5.08. The lowest BCUT2D eigenvalue weighted by atomic mass is 10.2. The summed E-state index contributed by atoms with van der Waals surface area (Å²) in [5, 5.41) is 4.37. The Kier molecular flexibility index (Phi) is 3.31. The summed E-state index contributed by atoms with van der Waals surface area (Å²) >= 11 is 6.73. The molecule has 88 valence electrons. The third-order valence-electron chi connectivity index (χ3n) is 2.47. The summed E-state index contributed by atoms with van der Waals surface area (Å²) in [6, 6.07) is 7.55. The largest absolute Gasteiger partial charge is 0.397 e. The van der Waals surface area contributed by atoms with Crippen molar-refractivity contribution in [3.8, 4) is 0 Å². The van der Waals surface area contributed by atoms with Crippen molar-refractivity contribution >= 4 is 45.7 Å². The second-order valence-electron chi connectivity index (χ2n) is 3.67. The number of nitrogens with zero attached hydrogens (tertiary/aromatic N) is 1. The number of thiophene rings is 1. The van der Waals surface area contributed by atoms with Gasteiger partial charge in [0.05, 0.1) is 17.1 Å². The molecule has 0 saturated carbocycles. The normalized spacial score (nSPS) is 10.2. The molecule has 0 aliphatic rings. The zero-order valence-electron chi connectivity index (χ0n) is 9.38. The van der Waals surface area contributed by atoms with Gasteiger partial charge in [0.1, 0.15) is 0 Å². The molecule has 5 heteroatoms. The highest BCUT2D eigenvalue weighted by Crippen LogP contribution is 2.34. The molecule has 0 radical (unpaired) electrons. The molecule has 0 unspecified atom stereocenters. The minimum Gasteiger partial charge on any atom is -0.397 e. The number of nitrogen functional groups attached to an aromatic ring is 1. The fourth-order valence-electron chi connectivity index (χ4n) is 1.64. The van der Waals surface area contributed by atoms with Crippen molar-refractivity contribution in [1.82, 2.24) is 0 Å². The van der Waals surface area contributed by atoms with Crippen LogP contribution in [0.15, 0.2) is 35.0 Å². The molecule has 4 N–H and O–H groups in total. The Morgan fingerprint density at radius 3 is 2.47 bits per heavy atom. The van der Waals surface area contributed by atoms with Crippen molar-refractivity contribution in [2.45, 2.75) is 6.92 Å². The first-order valence-corrected chi connectivity index (χ1v) is 6.43. The highest BCUT2D eigenvalue weighted by molar-refractivity contribution is 7.80. The molecule has 1 aromatic heterocycles. The van der Waals surface area contributed by atoms with Crippen LogP contribution in [-0.2, 0) is 0 Å². The van der Waals surface area contributed by atoms with Gasteiger partial charge in [-0.1, -0.05) is 12.1 Å². The molecule has 0 aliphatic carbocycles. The summed E-state index contributed by atoms with van der Waals surface area (Å²) in [5.74, 6) is 0. The van der Waals surface area contributed by atoms with Gasteiger partial charge in [-0.05, 0) is 42.2 Å². The summed E-state index contributed by atoms with van der Waals surface area (Å²) in [4.78, 5) is 1.80. The molecule has 1 heterocycles. The molecule has 0 bridgehead atoms. The average Bonchev–Trinajstić information content (AvgIpc) is 2.68. The van der Waals surface area contributed by atoms with Crippen LogP contribution in [0.1, 0.15) is 5.56 Å². The fraction of sp³-hybridized carbons (Fsp3) is 0.0833. The maximum Gasteiger partial charge on any atom is 0.175 e. The summed E-state index contributed by atoms with van der Waals surface area (Å²) in [7, 11) is 0. The highest BCUT2D eigenvalue weighted by Gasteiger charge is 2.16. The molecular formula is C12H13N3S2. The van der Waals surface area contributed by atoms with Crippen molar-refractivity contribution in [2.24, 2.45) is 5.73 Å². The van der Waals surface area contributed by atoms with E-state index in [1.165, 1.54) is 0 Å². The smallest absolute Gasteiger partial charge is 0.175 e. The maximum absolute atomic E-state index is 5.96. The molecule has 0 atom stereocenters. The highest BCUT2D eigenvalue weighted by atomic mass is 32.1. The average molecular weight is 263 g/mol. The van der Waals surface area contributed by atoms with Gasteiger partial charge in [0.15, 0.2) is 5.11 Å². The topological polar surface area (TPSA) is 55.3 Å². The van der Waals surface area contributed by atoms with E-state index in [9.17, 15) is 0 Å². The molecule has 2 rings (SSSR count). The van der Waals surface area contributed by atoms with Gasteiger partial charge in [0.2, 0.25) is 0 Å². The number of rotatable bonds is 2. The lowest BCUT2D eigenvalue weighted by molar-refractivity contribution is 1.32. The Hall–Kier alpha value is -1.59. The third kappa shape index (κ3) is 2.25. The zero-order valence-corrected chi connectivity index (χ0v) is 11.0. The molecule has 1 aromatic carbocycles. The van der Waals surface area contributed by atoms with E-state index in [0.717, 1.165) is 16.9 Å². The van der Waals surface area contributed by atoms with Crippen LogP contribution in [-0.4, -0.2) is 5.11 Å². The van der Waals surface area contributed by atoms with Gasteiger partial charge < -0.3 is 11.5 Å². The lowest BCUT2D eigenvalue weighted by Crippen LogP contribution is -2.31. The van der Waals surface area contributed by atoms with E-state index < -0.39 is 0 Å². The van der Waals surface area contributed by atoms with E-state index in [-0.39, 0.29) is 0 Å². The predicted molar refractivity (Wildman–Crippen MR) is 78.8 cm³/mol. The van der Waals surface area contributed by atoms with Crippen LogP contribution in [0.4, 0.5) is 17.1 Å². The molecule has 0 spiro atoms. The van der Waals surface area contributed by atoms with E-state index in [1.54, 1.807) is 16.2 Å². The number of anilines is 3. The summed E-state index contributed by atoms with van der Waals surface area (Å²) in [5.41, 5.74) is 15.4. The molecule has 0 fully saturated rings. The Morgan fingerprint density at radius 1 is 1.24 bits per heavy atom. The number of para-hydroxylation sites is 2. The summed E-state index contributed by atoms with van der Waals surface area (Å²) in [6.07, 6.45) is 0. The van der Waals surface area contributed by atoms with E-state index in [4.69, 9.17) is 23.7 Å². The third-order valence-corrected chi connectivity index (χ3v) is 3.50. The van der Waals surface area contributed by atoms with Crippen LogP contribution in [0.2, 0.25) is 0 Å². The second-order valence-corrected chi connectivity index (χ2v) is 4.83. The standard InChI is InChI=1S/C12H13N3S2/c1-8-6-17-7-11(8)15(12(14)16)10-5-3-2-4-9(10)13/h2-7H,13H2,1H3,(H2,14,16). The minimum atomic E-state index is 0.296. The van der Waals surface area contributed by atoms with Crippen molar-refractivity contribution in [2.75, 3.05) is 10.6 Å². The molecular weight excluding hydrogens is 250 g/mol. The number of benzene rings is 1. The Bertz CT molecular complexity index is 548. The number of aryl methyl sites for hydroxylation is 1. The predicted octanol–water partition coefficient (Wildman–Crippen LogP) is 3.02. The fourth-order valence-corrected chi connectivity index (χ4v) is 2.65. The van der Waals surface area contributed by atoms with Crippen molar-refractivity contribution in [3.63, 3.8) is 0 Å². The van der Waals surface area contributed by atoms with Gasteiger partial charge in [-0.3, -0.25) is 4.90 Å². The minimum absolute atomic E-state index is 0.296. The first-order chi connectivity index (χ1) is 8.11. The SMILES string of the molecule is Cc1cscc1N(C(N)=S)c1ccccc1N. The van der Waals surface area contributed by atoms with Crippen LogP contribution in [0, 0.1) is 6.92 Å². The summed E-state index contributed by atoms with van der Waals surface area (Å²) < 4.78 is 0. The van der Waals surface area contributed by atoms with Gasteiger partial charge in [-0.2, -0.15) is 0 Å². The lowest BCUT2D eigenvalue weighted by Gasteiger charge is -2.24. The van der Waals surface area contributed by atoms with Crippen LogP contribution in [0.3, 0.4) is 0 Å². The molecule has 0 saturated heterocycles. The maximum atomic E-state index is 5.96. The molecule has 0 aliphatic heterocycles. The second kappa shape index (κ2) is 4.73.